The number of hydrogen-bond donors (Lipinski definition) is 0. The Hall–Kier alpha value is -1.16. The van der Waals surface area contributed by atoms with Gasteiger partial charge in [-0.2, -0.15) is 0 Å². The van der Waals surface area contributed by atoms with Gasteiger partial charge in [0.25, 0.3) is 0 Å². The molecule has 0 saturated heterocycles. The van der Waals surface area contributed by atoms with Crippen molar-refractivity contribution in [3.63, 3.8) is 0 Å². The van der Waals surface area contributed by atoms with Crippen molar-refractivity contribution in [3.05, 3.63) is 64.7 Å². The minimum absolute atomic E-state index is 0. The summed E-state index contributed by atoms with van der Waals surface area (Å²) < 4.78 is 0. The second-order valence-electron chi connectivity index (χ2n) is 10.5. The number of allylic oxidation sites excluding steroid dienone is 4. The molecule has 0 amide bonds. The predicted octanol–water partition coefficient (Wildman–Crippen LogP) is 3.68. The molecule has 0 saturated carbocycles. The standard InChI is InChI=1S/C16H25N4.C10H15.ClH.Ir/c1-15(2,3)12-10-13(16(4,5)6)18-14(17-12)20-9-8-19(7)11-20;1-6-7(2)9(4)10(5)8(6)3;;/h8-11H,1-7H3;1-5H3;1H;/p-1. The quantitative estimate of drug-likeness (QED) is 0.472. The van der Waals surface area contributed by atoms with E-state index in [-0.39, 0.29) is 43.3 Å². The van der Waals surface area contributed by atoms with Crippen LogP contribution in [0.1, 0.15) is 87.5 Å². The van der Waals surface area contributed by atoms with Gasteiger partial charge in [-0.1, -0.05) is 59.6 Å². The molecular formula is C26H40ClIrN4-. The van der Waals surface area contributed by atoms with Crippen LogP contribution in [0, 0.1) is 12.6 Å². The maximum absolute atomic E-state index is 4.74. The third-order valence-electron chi connectivity index (χ3n) is 6.06. The van der Waals surface area contributed by atoms with Gasteiger partial charge in [0.15, 0.2) is 0 Å². The molecule has 6 heteroatoms. The fourth-order valence-corrected chi connectivity index (χ4v) is 3.29. The van der Waals surface area contributed by atoms with Crippen molar-refractivity contribution in [1.82, 2.24) is 14.9 Å². The first-order valence-electron chi connectivity index (χ1n) is 10.8. The Labute approximate surface area is 216 Å². The average molecular weight is 636 g/mol. The van der Waals surface area contributed by atoms with Crippen LogP contribution in [0.3, 0.4) is 0 Å². The molecule has 0 spiro atoms. The van der Waals surface area contributed by atoms with Gasteiger partial charge in [-0.25, -0.2) is 9.97 Å². The summed E-state index contributed by atoms with van der Waals surface area (Å²) in [5.74, 6) is 2.21. The number of nitrogens with zero attached hydrogens (tertiary/aromatic N) is 4. The van der Waals surface area contributed by atoms with E-state index in [4.69, 9.17) is 9.97 Å². The van der Waals surface area contributed by atoms with Crippen molar-refractivity contribution in [2.45, 2.75) is 87.0 Å². The summed E-state index contributed by atoms with van der Waals surface area (Å²) in [6, 6.07) is 2.13. The zero-order chi connectivity index (χ0) is 23.0. The molecule has 1 aliphatic carbocycles. The van der Waals surface area contributed by atoms with Gasteiger partial charge in [0.1, 0.15) is 6.67 Å². The van der Waals surface area contributed by atoms with E-state index >= 15 is 0 Å². The monoisotopic (exact) mass is 636 g/mol. The molecule has 2 aliphatic rings. The van der Waals surface area contributed by atoms with E-state index in [1.807, 2.05) is 35.9 Å². The summed E-state index contributed by atoms with van der Waals surface area (Å²) in [6.07, 6.45) is 3.97. The van der Waals surface area contributed by atoms with Crippen LogP contribution in [0.5, 0.6) is 0 Å². The van der Waals surface area contributed by atoms with Crippen LogP contribution < -0.4 is 17.3 Å². The first-order valence-corrected chi connectivity index (χ1v) is 10.8. The second-order valence-corrected chi connectivity index (χ2v) is 10.5. The number of aromatic nitrogens is 2. The number of hydrogen-bond acceptors (Lipinski definition) is 4. The van der Waals surface area contributed by atoms with Crippen LogP contribution in [0.15, 0.2) is 40.8 Å². The van der Waals surface area contributed by atoms with Crippen molar-refractivity contribution in [1.29, 1.82) is 0 Å². The van der Waals surface area contributed by atoms with E-state index in [0.29, 0.717) is 0 Å². The SMILES string of the molecule is CN1[CH]N(c2nc(C(C)(C)C)cc(C(C)(C)C)n2)C=C1.C[C]1C(C)=C(C)C(C)=C1C.[Cl-].[Ir]. The summed E-state index contributed by atoms with van der Waals surface area (Å²) in [4.78, 5) is 13.4. The van der Waals surface area contributed by atoms with E-state index < -0.39 is 0 Å². The minimum Gasteiger partial charge on any atom is -1.00 e. The first kappa shape index (κ1) is 30.8. The smallest absolute Gasteiger partial charge is 0.231 e. The van der Waals surface area contributed by atoms with Crippen LogP contribution in [0.4, 0.5) is 5.95 Å². The molecule has 0 N–H and O–H groups in total. The van der Waals surface area contributed by atoms with Gasteiger partial charge in [-0.05, 0) is 44.9 Å². The van der Waals surface area contributed by atoms with Crippen LogP contribution in [-0.2, 0) is 30.9 Å². The molecule has 32 heavy (non-hydrogen) atoms. The maximum Gasteiger partial charge on any atom is 0.231 e. The van der Waals surface area contributed by atoms with Crippen molar-refractivity contribution in [2.75, 3.05) is 11.9 Å². The molecule has 181 valence electrons. The third-order valence-corrected chi connectivity index (χ3v) is 6.06. The van der Waals surface area contributed by atoms with Crippen LogP contribution in [0.2, 0.25) is 0 Å². The van der Waals surface area contributed by atoms with Crippen LogP contribution in [-0.4, -0.2) is 21.9 Å². The Bertz CT molecular complexity index is 832. The van der Waals surface area contributed by atoms with Crippen molar-refractivity contribution >= 4 is 5.95 Å². The predicted molar refractivity (Wildman–Crippen MR) is 129 cm³/mol. The number of rotatable bonds is 1. The molecule has 0 bridgehead atoms. The topological polar surface area (TPSA) is 32.3 Å². The fraction of sp³-hybridized carbons (Fsp3) is 0.538. The average Bonchev–Trinajstić information content (AvgIpc) is 3.15. The Morgan fingerprint density at radius 3 is 1.34 bits per heavy atom. The zero-order valence-electron chi connectivity index (χ0n) is 21.8. The molecule has 0 atom stereocenters. The number of halogens is 1. The Balaban J connectivity index is 0.000000683. The Kier molecular flexibility index (Phi) is 10.9. The summed E-state index contributed by atoms with van der Waals surface area (Å²) in [5, 5.41) is 0. The van der Waals surface area contributed by atoms with Crippen LogP contribution >= 0.6 is 0 Å². The van der Waals surface area contributed by atoms with Gasteiger partial charge < -0.3 is 17.3 Å². The summed E-state index contributed by atoms with van der Waals surface area (Å²) in [5.41, 5.74) is 8.03. The fourth-order valence-electron chi connectivity index (χ4n) is 3.29. The molecule has 1 aromatic heterocycles. The zero-order valence-corrected chi connectivity index (χ0v) is 25.0. The van der Waals surface area contributed by atoms with Crippen molar-refractivity contribution in [3.8, 4) is 0 Å². The molecule has 4 nitrogen and oxygen atoms in total. The van der Waals surface area contributed by atoms with Crippen molar-refractivity contribution in [2.24, 2.45) is 0 Å². The molecular weight excluding hydrogens is 596 g/mol. The van der Waals surface area contributed by atoms with Gasteiger partial charge in [0.2, 0.25) is 5.95 Å². The molecule has 3 radical (unpaired) electrons. The second kappa shape index (κ2) is 11.3. The van der Waals surface area contributed by atoms with E-state index in [9.17, 15) is 0 Å². The third kappa shape index (κ3) is 7.17. The molecule has 0 aromatic carbocycles. The summed E-state index contributed by atoms with van der Waals surface area (Å²) in [6.45, 7) is 26.1. The largest absolute Gasteiger partial charge is 1.00 e. The molecule has 0 fully saturated rings. The van der Waals surface area contributed by atoms with E-state index in [1.54, 1.807) is 0 Å². The van der Waals surface area contributed by atoms with Gasteiger partial charge in [-0.15, -0.1) is 0 Å². The van der Waals surface area contributed by atoms with E-state index in [0.717, 1.165) is 17.3 Å². The molecule has 0 unspecified atom stereocenters. The first-order chi connectivity index (χ1) is 13.6. The van der Waals surface area contributed by atoms with Crippen molar-refractivity contribution < 1.29 is 32.5 Å². The van der Waals surface area contributed by atoms with Gasteiger partial charge in [-0.3, -0.25) is 4.90 Å². The molecule has 2 heterocycles. The van der Waals surface area contributed by atoms with Crippen LogP contribution in [0.25, 0.3) is 0 Å². The summed E-state index contributed by atoms with van der Waals surface area (Å²) in [7, 11) is 1.99. The van der Waals surface area contributed by atoms with Gasteiger partial charge in [0.05, 0.1) is 11.4 Å². The molecule has 3 rings (SSSR count). The minimum atomic E-state index is 0. The van der Waals surface area contributed by atoms with E-state index in [1.165, 1.54) is 28.2 Å². The summed E-state index contributed by atoms with van der Waals surface area (Å²) >= 11 is 0. The maximum atomic E-state index is 4.74. The Morgan fingerprint density at radius 2 is 1.09 bits per heavy atom. The van der Waals surface area contributed by atoms with E-state index in [2.05, 4.69) is 82.2 Å². The molecule has 1 aliphatic heterocycles. The number of anilines is 1. The normalized spacial score (nSPS) is 16.8. The van der Waals surface area contributed by atoms with Gasteiger partial charge >= 0.3 is 0 Å². The van der Waals surface area contributed by atoms with Gasteiger partial charge in [0, 0.05) is 56.3 Å². The molecule has 1 aromatic rings. The Morgan fingerprint density at radius 1 is 0.688 bits per heavy atom.